The molecule has 376 valence electrons. The van der Waals surface area contributed by atoms with E-state index in [9.17, 15) is 70.0 Å². The van der Waals surface area contributed by atoms with Crippen molar-refractivity contribution < 1.29 is 70.0 Å². The maximum absolute atomic E-state index is 12.7. The number of phenolic OH excluding ortho intramolecular Hbond substituents is 1. The van der Waals surface area contributed by atoms with E-state index in [1.165, 1.54) is 54.6 Å². The van der Waals surface area contributed by atoms with Gasteiger partial charge in [0, 0.05) is 43.7 Å². The van der Waals surface area contributed by atoms with Gasteiger partial charge in [0.05, 0.1) is 43.1 Å². The smallest absolute Gasteiger partial charge is 0.296 e. The largest absolute Gasteiger partial charge is 0.505 e. The van der Waals surface area contributed by atoms with E-state index in [-0.39, 0.29) is 71.5 Å². The molecule has 0 spiro atoms. The Labute approximate surface area is 418 Å². The standard InChI is InChI=1S/C46H31N7O16S5/c54-46-33-11-8-28(47-27-4-2-1-3-5-27)18-26(33)20-44(74(67,68)69)45(46)53-52-40-15-17-42(38-23-31(71(58,59)60)10-13-35(38)40)51-50-39-14-16-41(37-22-30(70(55,56)57)9-12-34(37)39)49-48-29-7-6-25-19-32(72(61,62)63)24-43(36(25)21-29)73(64,65)66/h1-24,47,54H,(H,55,56,57)(H,58,59,60)(H,61,62,63)(H,64,65,66)(H,67,68,69). The van der Waals surface area contributed by atoms with Crippen molar-refractivity contribution in [3.05, 3.63) is 146 Å². The van der Waals surface area contributed by atoms with E-state index in [1.807, 2.05) is 6.07 Å². The van der Waals surface area contributed by atoms with Crippen molar-refractivity contribution in [1.29, 1.82) is 0 Å². The van der Waals surface area contributed by atoms with E-state index in [2.05, 4.69) is 36.0 Å². The van der Waals surface area contributed by atoms with Crippen molar-refractivity contribution in [1.82, 2.24) is 0 Å². The van der Waals surface area contributed by atoms with E-state index in [0.717, 1.165) is 48.2 Å². The van der Waals surface area contributed by atoms with Crippen LogP contribution in [0, 0.1) is 0 Å². The van der Waals surface area contributed by atoms with E-state index < -0.39 is 86.5 Å². The highest BCUT2D eigenvalue weighted by molar-refractivity contribution is 7.87. The summed E-state index contributed by atoms with van der Waals surface area (Å²) in [4.78, 5) is -3.64. The van der Waals surface area contributed by atoms with Gasteiger partial charge in [-0.25, -0.2) is 0 Å². The third kappa shape index (κ3) is 10.6. The highest BCUT2D eigenvalue weighted by Gasteiger charge is 2.24. The molecule has 0 saturated carbocycles. The lowest BCUT2D eigenvalue weighted by atomic mass is 10.1. The van der Waals surface area contributed by atoms with Gasteiger partial charge in [0.25, 0.3) is 50.6 Å². The summed E-state index contributed by atoms with van der Waals surface area (Å²) >= 11 is 0. The number of anilines is 2. The Hall–Kier alpha value is -8.03. The molecule has 0 bridgehead atoms. The van der Waals surface area contributed by atoms with Gasteiger partial charge in [-0.15, -0.1) is 25.6 Å². The maximum atomic E-state index is 12.7. The monoisotopic (exact) mass is 1100 g/mol. The Morgan fingerprint density at radius 2 is 0.838 bits per heavy atom. The van der Waals surface area contributed by atoms with Gasteiger partial charge in [-0.1, -0.05) is 36.4 Å². The van der Waals surface area contributed by atoms with E-state index >= 15 is 0 Å². The second kappa shape index (κ2) is 18.8. The highest BCUT2D eigenvalue weighted by Crippen LogP contribution is 2.44. The fraction of sp³-hybridized carbons (Fsp3) is 0. The van der Waals surface area contributed by atoms with Gasteiger partial charge in [-0.2, -0.15) is 47.2 Å². The van der Waals surface area contributed by atoms with Crippen LogP contribution in [0.15, 0.2) is 201 Å². The average Bonchev–Trinajstić information content (AvgIpc) is 3.33. The van der Waals surface area contributed by atoms with Crippen molar-refractivity contribution >= 4 is 139 Å². The van der Waals surface area contributed by atoms with Crippen LogP contribution >= 0.6 is 0 Å². The van der Waals surface area contributed by atoms with Crippen molar-refractivity contribution in [2.24, 2.45) is 30.7 Å². The number of aromatic hydroxyl groups is 1. The molecule has 0 heterocycles. The van der Waals surface area contributed by atoms with Gasteiger partial charge in [-0.3, -0.25) is 22.8 Å². The molecule has 9 rings (SSSR count). The molecule has 9 aromatic rings. The summed E-state index contributed by atoms with van der Waals surface area (Å²) in [5.41, 5.74) is 0.448. The fourth-order valence-electron chi connectivity index (χ4n) is 7.71. The Balaban J connectivity index is 1.11. The minimum absolute atomic E-state index is 0.0114. The summed E-state index contributed by atoms with van der Waals surface area (Å²) < 4.78 is 172. The number of rotatable bonds is 13. The van der Waals surface area contributed by atoms with Crippen LogP contribution in [0.1, 0.15) is 0 Å². The predicted octanol–water partition coefficient (Wildman–Crippen LogP) is 11.2. The molecular weight excluding hydrogens is 1070 g/mol. The molecular formula is C46H31N7O16S5. The molecule has 0 amide bonds. The maximum Gasteiger partial charge on any atom is 0.296 e. The van der Waals surface area contributed by atoms with Crippen LogP contribution in [0.4, 0.5) is 45.5 Å². The van der Waals surface area contributed by atoms with Crippen molar-refractivity contribution in [3.63, 3.8) is 0 Å². The Morgan fingerprint density at radius 3 is 1.36 bits per heavy atom. The van der Waals surface area contributed by atoms with E-state index in [0.29, 0.717) is 11.8 Å². The molecule has 0 aliphatic carbocycles. The van der Waals surface area contributed by atoms with Crippen molar-refractivity contribution in [2.45, 2.75) is 24.5 Å². The first-order valence-electron chi connectivity index (χ1n) is 20.7. The second-order valence-corrected chi connectivity index (χ2v) is 23.0. The second-order valence-electron chi connectivity index (χ2n) is 15.9. The van der Waals surface area contributed by atoms with Gasteiger partial charge < -0.3 is 10.4 Å². The molecule has 7 N–H and O–H groups in total. The van der Waals surface area contributed by atoms with Gasteiger partial charge in [0.15, 0.2) is 5.75 Å². The first-order valence-corrected chi connectivity index (χ1v) is 27.9. The Morgan fingerprint density at radius 1 is 0.338 bits per heavy atom. The van der Waals surface area contributed by atoms with Crippen molar-refractivity contribution in [3.8, 4) is 5.75 Å². The van der Waals surface area contributed by atoms with Crippen molar-refractivity contribution in [2.75, 3.05) is 5.32 Å². The molecule has 9 aromatic carbocycles. The zero-order chi connectivity index (χ0) is 53.1. The Bertz CT molecular complexity index is 4560. The van der Waals surface area contributed by atoms with Crippen LogP contribution in [0.25, 0.3) is 43.1 Å². The molecule has 0 radical (unpaired) electrons. The number of phenols is 1. The molecule has 0 aliphatic heterocycles. The third-order valence-corrected chi connectivity index (χ3v) is 15.4. The predicted molar refractivity (Wildman–Crippen MR) is 269 cm³/mol. The molecule has 0 fully saturated rings. The first kappa shape index (κ1) is 50.9. The van der Waals surface area contributed by atoms with Gasteiger partial charge >= 0.3 is 0 Å². The quantitative estimate of drug-likeness (QED) is 0.0416. The normalized spacial score (nSPS) is 13.1. The summed E-state index contributed by atoms with van der Waals surface area (Å²) in [5.74, 6) is -0.654. The van der Waals surface area contributed by atoms with Gasteiger partial charge in [0.2, 0.25) is 0 Å². The number of nitrogens with one attached hydrogen (secondary N) is 1. The zero-order valence-electron chi connectivity index (χ0n) is 36.8. The minimum atomic E-state index is -5.06. The summed E-state index contributed by atoms with van der Waals surface area (Å²) in [6.07, 6.45) is 0. The van der Waals surface area contributed by atoms with Crippen LogP contribution in [-0.4, -0.2) is 70.0 Å². The number of para-hydroxylation sites is 1. The van der Waals surface area contributed by atoms with Gasteiger partial charge in [-0.05, 0) is 120 Å². The molecule has 74 heavy (non-hydrogen) atoms. The lowest BCUT2D eigenvalue weighted by Gasteiger charge is -2.12. The molecule has 0 saturated heterocycles. The first-order chi connectivity index (χ1) is 34.7. The lowest BCUT2D eigenvalue weighted by Crippen LogP contribution is -2.04. The summed E-state index contributed by atoms with van der Waals surface area (Å²) in [6.45, 7) is 0. The lowest BCUT2D eigenvalue weighted by molar-refractivity contribution is 0.472. The molecule has 0 aromatic heterocycles. The zero-order valence-corrected chi connectivity index (χ0v) is 40.9. The van der Waals surface area contributed by atoms with Crippen LogP contribution in [0.3, 0.4) is 0 Å². The van der Waals surface area contributed by atoms with Crippen LogP contribution < -0.4 is 5.32 Å². The van der Waals surface area contributed by atoms with E-state index in [1.54, 1.807) is 36.4 Å². The number of azo groups is 3. The molecule has 0 aliphatic rings. The number of hydrogen-bond donors (Lipinski definition) is 7. The molecule has 28 heteroatoms. The topological polar surface area (TPSA) is 378 Å². The number of benzene rings is 9. The highest BCUT2D eigenvalue weighted by atomic mass is 32.2. The molecule has 0 atom stereocenters. The Kier molecular flexibility index (Phi) is 12.9. The van der Waals surface area contributed by atoms with Crippen LogP contribution in [0.2, 0.25) is 0 Å². The SMILES string of the molecule is O=S(=O)(O)c1cc(S(=O)(=O)O)c2cc(N=Nc3ccc(N=Nc4ccc(N=Nc5c(S(=O)(=O)O)cc6cc(Nc7ccccc7)ccc6c5O)c5ccc(S(=O)(=O)O)cc45)c4ccc(S(=O)(=O)O)cc34)ccc2c1. The van der Waals surface area contributed by atoms with Gasteiger partial charge in [0.1, 0.15) is 15.5 Å². The van der Waals surface area contributed by atoms with Crippen LogP contribution in [0.5, 0.6) is 5.75 Å². The van der Waals surface area contributed by atoms with Crippen LogP contribution in [-0.2, 0) is 50.6 Å². The molecule has 23 nitrogen and oxygen atoms in total. The van der Waals surface area contributed by atoms with E-state index in [4.69, 9.17) is 0 Å². The third-order valence-electron chi connectivity index (χ3n) is 11.1. The molecule has 0 unspecified atom stereocenters. The summed E-state index contributed by atoms with van der Waals surface area (Å²) in [7, 11) is -24.7. The number of nitrogens with zero attached hydrogens (tertiary/aromatic N) is 6. The minimum Gasteiger partial charge on any atom is -0.505 e. The summed E-state index contributed by atoms with van der Waals surface area (Å²) in [5, 5.41) is 40.0. The number of fused-ring (bicyclic) bond motifs is 4. The average molecular weight is 1100 g/mol. The fourth-order valence-corrected chi connectivity index (χ4v) is 10.7. The number of hydrogen-bond acceptors (Lipinski definition) is 18. The summed E-state index contributed by atoms with van der Waals surface area (Å²) in [6, 6.07) is 31.9.